The van der Waals surface area contributed by atoms with Crippen LogP contribution >= 0.6 is 22.9 Å². The van der Waals surface area contributed by atoms with E-state index >= 15 is 0 Å². The van der Waals surface area contributed by atoms with E-state index in [9.17, 15) is 0 Å². The van der Waals surface area contributed by atoms with Gasteiger partial charge in [-0.2, -0.15) is 10.2 Å². The average Bonchev–Trinajstić information content (AvgIpc) is 2.71. The molecule has 0 amide bonds. The summed E-state index contributed by atoms with van der Waals surface area (Å²) in [6.07, 6.45) is 0. The van der Waals surface area contributed by atoms with Gasteiger partial charge in [-0.25, -0.2) is 0 Å². The number of rotatable bonds is 3. The lowest BCUT2D eigenvalue weighted by molar-refractivity contribution is 0.686. The Morgan fingerprint density at radius 3 is 2.71 bits per heavy atom. The van der Waals surface area contributed by atoms with Crippen molar-refractivity contribution in [2.45, 2.75) is 19.9 Å². The summed E-state index contributed by atoms with van der Waals surface area (Å²) in [6, 6.07) is 4.05. The molecular formula is C12H14ClN3S. The second-order valence-corrected chi connectivity index (χ2v) is 5.24. The van der Waals surface area contributed by atoms with Crippen molar-refractivity contribution in [3.8, 4) is 0 Å². The highest BCUT2D eigenvalue weighted by molar-refractivity contribution is 7.10. The minimum Gasteiger partial charge on any atom is -0.309 e. The molecule has 2 heterocycles. The van der Waals surface area contributed by atoms with Crippen molar-refractivity contribution < 1.29 is 0 Å². The zero-order valence-corrected chi connectivity index (χ0v) is 11.6. The van der Waals surface area contributed by atoms with Gasteiger partial charge in [0.2, 0.25) is 0 Å². The van der Waals surface area contributed by atoms with Gasteiger partial charge in [0.1, 0.15) is 0 Å². The lowest BCUT2D eigenvalue weighted by atomic mass is 10.0. The molecule has 2 aromatic heterocycles. The van der Waals surface area contributed by atoms with Gasteiger partial charge in [0.15, 0.2) is 0 Å². The first-order chi connectivity index (χ1) is 8.13. The van der Waals surface area contributed by atoms with Gasteiger partial charge in [0.25, 0.3) is 0 Å². The van der Waals surface area contributed by atoms with Gasteiger partial charge in [-0.1, -0.05) is 11.6 Å². The molecule has 0 aliphatic heterocycles. The second kappa shape index (κ2) is 5.12. The van der Waals surface area contributed by atoms with Crippen molar-refractivity contribution in [3.63, 3.8) is 0 Å². The predicted octanol–water partition coefficient (Wildman–Crippen LogP) is 3.12. The zero-order valence-electron chi connectivity index (χ0n) is 9.99. The molecule has 90 valence electrons. The summed E-state index contributed by atoms with van der Waals surface area (Å²) in [5, 5.41) is 14.3. The topological polar surface area (TPSA) is 37.8 Å². The first-order valence-corrected chi connectivity index (χ1v) is 6.60. The molecule has 0 radical (unpaired) electrons. The third-order valence-electron chi connectivity index (χ3n) is 2.65. The van der Waals surface area contributed by atoms with Crippen molar-refractivity contribution in [1.82, 2.24) is 15.5 Å². The molecule has 0 spiro atoms. The molecule has 0 aliphatic carbocycles. The van der Waals surface area contributed by atoms with Crippen molar-refractivity contribution in [1.29, 1.82) is 0 Å². The van der Waals surface area contributed by atoms with E-state index in [1.807, 2.05) is 32.3 Å². The van der Waals surface area contributed by atoms with Crippen LogP contribution < -0.4 is 5.32 Å². The predicted molar refractivity (Wildman–Crippen MR) is 71.7 cm³/mol. The van der Waals surface area contributed by atoms with E-state index in [1.54, 1.807) is 11.3 Å². The fraction of sp³-hybridized carbons (Fsp3) is 0.333. The maximum absolute atomic E-state index is 6.19. The molecule has 17 heavy (non-hydrogen) atoms. The lowest BCUT2D eigenvalue weighted by Crippen LogP contribution is -2.19. The van der Waals surface area contributed by atoms with E-state index in [-0.39, 0.29) is 6.04 Å². The van der Waals surface area contributed by atoms with Crippen molar-refractivity contribution in [3.05, 3.63) is 44.4 Å². The van der Waals surface area contributed by atoms with Gasteiger partial charge in [0.05, 0.1) is 22.5 Å². The molecule has 0 saturated heterocycles. The maximum Gasteiger partial charge on any atom is 0.0702 e. The molecule has 0 aromatic carbocycles. The number of aryl methyl sites for hydroxylation is 2. The van der Waals surface area contributed by atoms with Crippen LogP contribution in [0.4, 0.5) is 0 Å². The third-order valence-corrected chi connectivity index (χ3v) is 4.07. The van der Waals surface area contributed by atoms with Crippen LogP contribution in [0.5, 0.6) is 0 Å². The summed E-state index contributed by atoms with van der Waals surface area (Å²) in [6.45, 7) is 3.91. The molecule has 0 saturated carbocycles. The van der Waals surface area contributed by atoms with Crippen LogP contribution in [-0.2, 0) is 0 Å². The minimum absolute atomic E-state index is 0.0803. The Morgan fingerprint density at radius 1 is 1.35 bits per heavy atom. The summed E-state index contributed by atoms with van der Waals surface area (Å²) in [7, 11) is 1.93. The summed E-state index contributed by atoms with van der Waals surface area (Å²) >= 11 is 7.84. The number of hydrogen-bond donors (Lipinski definition) is 1. The van der Waals surface area contributed by atoms with Gasteiger partial charge >= 0.3 is 0 Å². The molecule has 1 N–H and O–H groups in total. The fourth-order valence-electron chi connectivity index (χ4n) is 1.80. The maximum atomic E-state index is 6.19. The van der Waals surface area contributed by atoms with Crippen LogP contribution in [0.15, 0.2) is 17.5 Å². The smallest absolute Gasteiger partial charge is 0.0702 e. The standard InChI is InChI=1S/C12H14ClN3S/c1-7-6-9(8(2)16-15-7)11(14-3)12-10(13)4-5-17-12/h4-6,11,14H,1-3H3. The largest absolute Gasteiger partial charge is 0.309 e. The molecule has 0 bridgehead atoms. The van der Waals surface area contributed by atoms with E-state index in [0.29, 0.717) is 0 Å². The summed E-state index contributed by atoms with van der Waals surface area (Å²) in [5.41, 5.74) is 2.97. The number of nitrogens with zero attached hydrogens (tertiary/aromatic N) is 2. The Labute approximate surface area is 110 Å². The average molecular weight is 268 g/mol. The second-order valence-electron chi connectivity index (χ2n) is 3.88. The lowest BCUT2D eigenvalue weighted by Gasteiger charge is -2.17. The van der Waals surface area contributed by atoms with Crippen LogP contribution in [0.1, 0.15) is 27.9 Å². The highest BCUT2D eigenvalue weighted by Crippen LogP contribution is 2.33. The SMILES string of the molecule is CNC(c1cc(C)nnc1C)c1sccc1Cl. The van der Waals surface area contributed by atoms with Crippen LogP contribution in [0.25, 0.3) is 0 Å². The highest BCUT2D eigenvalue weighted by atomic mass is 35.5. The highest BCUT2D eigenvalue weighted by Gasteiger charge is 2.19. The first kappa shape index (κ1) is 12.5. The van der Waals surface area contributed by atoms with E-state index < -0.39 is 0 Å². The Bertz CT molecular complexity index is 524. The van der Waals surface area contributed by atoms with E-state index in [2.05, 4.69) is 21.6 Å². The van der Waals surface area contributed by atoms with E-state index in [4.69, 9.17) is 11.6 Å². The van der Waals surface area contributed by atoms with Gasteiger partial charge in [-0.05, 0) is 44.0 Å². The van der Waals surface area contributed by atoms with Gasteiger partial charge in [-0.3, -0.25) is 0 Å². The first-order valence-electron chi connectivity index (χ1n) is 5.34. The monoisotopic (exact) mass is 267 g/mol. The Balaban J connectivity index is 2.49. The molecular weight excluding hydrogens is 254 g/mol. The number of halogens is 1. The number of hydrogen-bond acceptors (Lipinski definition) is 4. The minimum atomic E-state index is 0.0803. The van der Waals surface area contributed by atoms with Gasteiger partial charge < -0.3 is 5.32 Å². The Morgan fingerprint density at radius 2 is 2.12 bits per heavy atom. The Hall–Kier alpha value is -0.970. The Kier molecular flexibility index (Phi) is 3.76. The van der Waals surface area contributed by atoms with Crippen LogP contribution in [0.3, 0.4) is 0 Å². The molecule has 5 heteroatoms. The number of nitrogens with one attached hydrogen (secondary N) is 1. The molecule has 2 rings (SSSR count). The summed E-state index contributed by atoms with van der Waals surface area (Å²) in [5.74, 6) is 0. The van der Waals surface area contributed by atoms with Crippen molar-refractivity contribution in [2.24, 2.45) is 0 Å². The van der Waals surface area contributed by atoms with Crippen LogP contribution in [-0.4, -0.2) is 17.2 Å². The van der Waals surface area contributed by atoms with Crippen LogP contribution in [0, 0.1) is 13.8 Å². The molecule has 0 fully saturated rings. The van der Waals surface area contributed by atoms with Crippen LogP contribution in [0.2, 0.25) is 5.02 Å². The molecule has 2 aromatic rings. The fourth-order valence-corrected chi connectivity index (χ4v) is 3.09. The number of thiophene rings is 1. The zero-order chi connectivity index (χ0) is 12.4. The van der Waals surface area contributed by atoms with E-state index in [0.717, 1.165) is 26.9 Å². The summed E-state index contributed by atoms with van der Waals surface area (Å²) < 4.78 is 0. The van der Waals surface area contributed by atoms with Gasteiger partial charge in [0, 0.05) is 4.88 Å². The van der Waals surface area contributed by atoms with Crippen molar-refractivity contribution in [2.75, 3.05) is 7.05 Å². The normalized spacial score (nSPS) is 12.7. The molecule has 3 nitrogen and oxygen atoms in total. The third kappa shape index (κ3) is 2.49. The molecule has 1 atom stereocenters. The van der Waals surface area contributed by atoms with Gasteiger partial charge in [-0.15, -0.1) is 11.3 Å². The molecule has 0 aliphatic rings. The molecule has 1 unspecified atom stereocenters. The van der Waals surface area contributed by atoms with E-state index in [1.165, 1.54) is 0 Å². The number of aromatic nitrogens is 2. The quantitative estimate of drug-likeness (QED) is 0.929. The summed E-state index contributed by atoms with van der Waals surface area (Å²) in [4.78, 5) is 1.12. The van der Waals surface area contributed by atoms with Crippen molar-refractivity contribution >= 4 is 22.9 Å².